The summed E-state index contributed by atoms with van der Waals surface area (Å²) < 4.78 is 13.4. The van der Waals surface area contributed by atoms with E-state index in [4.69, 9.17) is 11.6 Å². The normalized spacial score (nSPS) is 18.8. The van der Waals surface area contributed by atoms with E-state index < -0.39 is 0 Å². The summed E-state index contributed by atoms with van der Waals surface area (Å²) in [6, 6.07) is 4.63. The second-order valence-corrected chi connectivity index (χ2v) is 4.95. The van der Waals surface area contributed by atoms with Gasteiger partial charge in [0.25, 0.3) is 0 Å². The Morgan fingerprint density at radius 2 is 2.06 bits per heavy atom. The highest BCUT2D eigenvalue weighted by atomic mass is 35.5. The van der Waals surface area contributed by atoms with Crippen LogP contribution in [0.5, 0.6) is 0 Å². The third kappa shape index (κ3) is 3.42. The number of rotatable bonds is 4. The lowest BCUT2D eigenvalue weighted by atomic mass is 10.0. The van der Waals surface area contributed by atoms with Gasteiger partial charge in [0.05, 0.1) is 0 Å². The van der Waals surface area contributed by atoms with E-state index in [0.717, 1.165) is 31.7 Å². The first-order valence-electron chi connectivity index (χ1n) is 6.22. The van der Waals surface area contributed by atoms with E-state index in [2.05, 4.69) is 10.2 Å². The van der Waals surface area contributed by atoms with E-state index in [1.807, 2.05) is 0 Å². The van der Waals surface area contributed by atoms with Crippen molar-refractivity contribution in [2.24, 2.45) is 0 Å². The number of hydrogen-bond donors (Lipinski definition) is 2. The SMILES string of the molecule is OCC[C@H](c1cc(F)cc(Cl)c1)N1CCNCC1. The van der Waals surface area contributed by atoms with Crippen LogP contribution >= 0.6 is 11.6 Å². The smallest absolute Gasteiger partial charge is 0.125 e. The minimum Gasteiger partial charge on any atom is -0.396 e. The molecule has 1 aromatic carbocycles. The van der Waals surface area contributed by atoms with Gasteiger partial charge in [0, 0.05) is 43.9 Å². The second kappa shape index (κ2) is 6.48. The third-order valence-electron chi connectivity index (χ3n) is 3.26. The summed E-state index contributed by atoms with van der Waals surface area (Å²) >= 11 is 5.90. The van der Waals surface area contributed by atoms with Crippen LogP contribution in [0.4, 0.5) is 4.39 Å². The molecule has 0 aliphatic carbocycles. The average molecular weight is 273 g/mol. The number of aliphatic hydroxyl groups excluding tert-OH is 1. The summed E-state index contributed by atoms with van der Waals surface area (Å²) in [5.74, 6) is -0.324. The predicted octanol–water partition coefficient (Wildman–Crippen LogP) is 1.81. The van der Waals surface area contributed by atoms with Gasteiger partial charge < -0.3 is 10.4 Å². The van der Waals surface area contributed by atoms with Crippen molar-refractivity contribution in [1.82, 2.24) is 10.2 Å². The predicted molar refractivity (Wildman–Crippen MR) is 70.3 cm³/mol. The van der Waals surface area contributed by atoms with Crippen molar-refractivity contribution in [2.45, 2.75) is 12.5 Å². The zero-order chi connectivity index (χ0) is 13.0. The maximum Gasteiger partial charge on any atom is 0.125 e. The molecule has 3 nitrogen and oxygen atoms in total. The molecule has 0 amide bonds. The molecule has 1 atom stereocenters. The number of piperazine rings is 1. The Kier molecular flexibility index (Phi) is 4.95. The fraction of sp³-hybridized carbons (Fsp3) is 0.538. The molecule has 2 N–H and O–H groups in total. The van der Waals surface area contributed by atoms with E-state index in [9.17, 15) is 9.50 Å². The largest absolute Gasteiger partial charge is 0.396 e. The summed E-state index contributed by atoms with van der Waals surface area (Å²) in [6.45, 7) is 3.73. The van der Waals surface area contributed by atoms with Crippen LogP contribution in [-0.4, -0.2) is 42.8 Å². The van der Waals surface area contributed by atoms with Gasteiger partial charge in [-0.3, -0.25) is 4.90 Å². The molecule has 0 unspecified atom stereocenters. The van der Waals surface area contributed by atoms with Gasteiger partial charge in [-0.25, -0.2) is 4.39 Å². The van der Waals surface area contributed by atoms with Crippen LogP contribution in [-0.2, 0) is 0 Å². The molecule has 2 rings (SSSR count). The minimum atomic E-state index is -0.324. The highest BCUT2D eigenvalue weighted by Crippen LogP contribution is 2.27. The number of nitrogens with one attached hydrogen (secondary N) is 1. The van der Waals surface area contributed by atoms with E-state index in [1.54, 1.807) is 6.07 Å². The molecule has 1 saturated heterocycles. The Morgan fingerprint density at radius 1 is 1.33 bits per heavy atom. The van der Waals surface area contributed by atoms with Gasteiger partial charge in [-0.1, -0.05) is 11.6 Å². The molecule has 0 saturated carbocycles. The molecular weight excluding hydrogens is 255 g/mol. The molecule has 5 heteroatoms. The first kappa shape index (κ1) is 13.7. The second-order valence-electron chi connectivity index (χ2n) is 4.52. The van der Waals surface area contributed by atoms with Crippen LogP contribution in [0.2, 0.25) is 5.02 Å². The Hall–Kier alpha value is -0.680. The molecule has 1 heterocycles. The van der Waals surface area contributed by atoms with Crippen molar-refractivity contribution in [3.05, 3.63) is 34.6 Å². The van der Waals surface area contributed by atoms with Crippen molar-refractivity contribution in [2.75, 3.05) is 32.8 Å². The topological polar surface area (TPSA) is 35.5 Å². The van der Waals surface area contributed by atoms with Crippen molar-refractivity contribution >= 4 is 11.6 Å². The summed E-state index contributed by atoms with van der Waals surface area (Å²) in [4.78, 5) is 2.26. The average Bonchev–Trinajstić information content (AvgIpc) is 2.36. The van der Waals surface area contributed by atoms with Gasteiger partial charge >= 0.3 is 0 Å². The Morgan fingerprint density at radius 3 is 2.67 bits per heavy atom. The lowest BCUT2D eigenvalue weighted by Crippen LogP contribution is -2.45. The van der Waals surface area contributed by atoms with Crippen molar-refractivity contribution < 1.29 is 9.50 Å². The molecule has 0 radical (unpaired) electrons. The molecule has 1 aliphatic heterocycles. The molecule has 1 aromatic rings. The molecule has 1 aliphatic rings. The molecule has 18 heavy (non-hydrogen) atoms. The quantitative estimate of drug-likeness (QED) is 0.878. The Labute approximate surface area is 112 Å². The Balaban J connectivity index is 2.22. The fourth-order valence-electron chi connectivity index (χ4n) is 2.44. The molecule has 0 spiro atoms. The first-order valence-corrected chi connectivity index (χ1v) is 6.60. The van der Waals surface area contributed by atoms with Crippen LogP contribution in [0.25, 0.3) is 0 Å². The maximum atomic E-state index is 13.4. The van der Waals surface area contributed by atoms with Gasteiger partial charge in [0.15, 0.2) is 0 Å². The summed E-state index contributed by atoms with van der Waals surface area (Å²) in [5.41, 5.74) is 0.843. The van der Waals surface area contributed by atoms with Gasteiger partial charge in [0.2, 0.25) is 0 Å². The van der Waals surface area contributed by atoms with E-state index >= 15 is 0 Å². The first-order chi connectivity index (χ1) is 8.70. The molecule has 100 valence electrons. The maximum absolute atomic E-state index is 13.4. The molecule has 1 fully saturated rings. The Bertz CT molecular complexity index is 376. The molecule has 0 aromatic heterocycles. The van der Waals surface area contributed by atoms with Gasteiger partial charge in [-0.2, -0.15) is 0 Å². The third-order valence-corrected chi connectivity index (χ3v) is 3.48. The summed E-state index contributed by atoms with van der Waals surface area (Å²) in [7, 11) is 0. The van der Waals surface area contributed by atoms with Crippen molar-refractivity contribution in [3.8, 4) is 0 Å². The van der Waals surface area contributed by atoms with Crippen molar-refractivity contribution in [3.63, 3.8) is 0 Å². The number of benzene rings is 1. The lowest BCUT2D eigenvalue weighted by molar-refractivity contribution is 0.141. The van der Waals surface area contributed by atoms with Gasteiger partial charge in [-0.05, 0) is 30.2 Å². The van der Waals surface area contributed by atoms with Gasteiger partial charge in [0.1, 0.15) is 5.82 Å². The standard InChI is InChI=1S/C13H18ClFN2O/c14-11-7-10(8-12(15)9-11)13(1-6-18)17-4-2-16-3-5-17/h7-9,13,16,18H,1-6H2/t13-/m1/s1. The van der Waals surface area contributed by atoms with Crippen LogP contribution in [0.1, 0.15) is 18.0 Å². The number of halogens is 2. The monoisotopic (exact) mass is 272 g/mol. The van der Waals surface area contributed by atoms with Gasteiger partial charge in [-0.15, -0.1) is 0 Å². The highest BCUT2D eigenvalue weighted by Gasteiger charge is 2.22. The van der Waals surface area contributed by atoms with Crippen LogP contribution in [0.3, 0.4) is 0 Å². The zero-order valence-corrected chi connectivity index (χ0v) is 11.0. The van der Waals surface area contributed by atoms with Crippen LogP contribution < -0.4 is 5.32 Å². The highest BCUT2D eigenvalue weighted by molar-refractivity contribution is 6.30. The minimum absolute atomic E-state index is 0.0327. The van der Waals surface area contributed by atoms with Crippen LogP contribution in [0, 0.1) is 5.82 Å². The zero-order valence-electron chi connectivity index (χ0n) is 10.2. The fourth-order valence-corrected chi connectivity index (χ4v) is 2.67. The number of nitrogens with zero attached hydrogens (tertiary/aromatic N) is 1. The molecule has 0 bridgehead atoms. The van der Waals surface area contributed by atoms with Crippen molar-refractivity contribution in [1.29, 1.82) is 0 Å². The van der Waals surface area contributed by atoms with E-state index in [0.29, 0.717) is 11.4 Å². The summed E-state index contributed by atoms with van der Waals surface area (Å²) in [5, 5.41) is 12.9. The number of aliphatic hydroxyl groups is 1. The van der Waals surface area contributed by atoms with E-state index in [-0.39, 0.29) is 18.5 Å². The summed E-state index contributed by atoms with van der Waals surface area (Å²) in [6.07, 6.45) is 0.597. The number of hydrogen-bond acceptors (Lipinski definition) is 3. The lowest BCUT2D eigenvalue weighted by Gasteiger charge is -2.35. The molecular formula is C13H18ClFN2O. The van der Waals surface area contributed by atoms with E-state index in [1.165, 1.54) is 12.1 Å². The van der Waals surface area contributed by atoms with Crippen LogP contribution in [0.15, 0.2) is 18.2 Å².